The molecule has 0 atom stereocenters. The summed E-state index contributed by atoms with van der Waals surface area (Å²) in [6, 6.07) is 5.70. The normalized spacial score (nSPS) is 10.6. The van der Waals surface area contributed by atoms with Crippen molar-refractivity contribution in [1.29, 1.82) is 0 Å². The number of H-pyrrole nitrogens is 1. The fourth-order valence-corrected chi connectivity index (χ4v) is 3.55. The molecule has 7 nitrogen and oxygen atoms in total. The SMILES string of the molecule is CCOC(=O)c1c(C)[nH]c(C(=O)C(=O)Nc2nc(C)cs2)c1-c1ccccc1F. The summed E-state index contributed by atoms with van der Waals surface area (Å²) in [5.41, 5.74) is 0.823. The number of aromatic nitrogens is 2. The fraction of sp³-hybridized carbons (Fsp3) is 0.200. The zero-order valence-electron chi connectivity index (χ0n) is 16.0. The van der Waals surface area contributed by atoms with Gasteiger partial charge in [0, 0.05) is 22.2 Å². The second-order valence-electron chi connectivity index (χ2n) is 6.15. The molecule has 0 saturated heterocycles. The number of carbonyl (C=O) groups excluding carboxylic acids is 3. The molecule has 0 unspecified atom stereocenters. The first kappa shape index (κ1) is 20.4. The first-order chi connectivity index (χ1) is 13.8. The van der Waals surface area contributed by atoms with Crippen molar-refractivity contribution in [1.82, 2.24) is 9.97 Å². The Hall–Kier alpha value is -3.33. The van der Waals surface area contributed by atoms with Gasteiger partial charge in [0.25, 0.3) is 11.7 Å². The van der Waals surface area contributed by atoms with E-state index in [0.717, 1.165) is 0 Å². The Balaban J connectivity index is 2.09. The number of carbonyl (C=O) groups is 3. The van der Waals surface area contributed by atoms with E-state index in [1.54, 1.807) is 32.2 Å². The number of halogens is 1. The molecule has 0 fully saturated rings. The van der Waals surface area contributed by atoms with Crippen molar-refractivity contribution in [2.75, 3.05) is 11.9 Å². The third-order valence-corrected chi connectivity index (χ3v) is 4.96. The molecule has 0 aliphatic rings. The molecule has 0 spiro atoms. The summed E-state index contributed by atoms with van der Waals surface area (Å²) in [6.07, 6.45) is 0. The highest BCUT2D eigenvalue weighted by molar-refractivity contribution is 7.14. The molecular weight excluding hydrogens is 397 g/mol. The molecule has 2 heterocycles. The van der Waals surface area contributed by atoms with E-state index in [1.807, 2.05) is 0 Å². The summed E-state index contributed by atoms with van der Waals surface area (Å²) in [6.45, 7) is 5.05. The van der Waals surface area contributed by atoms with Crippen LogP contribution in [0.3, 0.4) is 0 Å². The quantitative estimate of drug-likeness (QED) is 0.361. The van der Waals surface area contributed by atoms with Crippen molar-refractivity contribution < 1.29 is 23.5 Å². The van der Waals surface area contributed by atoms with E-state index in [0.29, 0.717) is 11.4 Å². The molecular formula is C20H18FN3O4S. The summed E-state index contributed by atoms with van der Waals surface area (Å²) in [5, 5.41) is 4.42. The number of hydrogen-bond donors (Lipinski definition) is 2. The third-order valence-electron chi connectivity index (χ3n) is 4.08. The summed E-state index contributed by atoms with van der Waals surface area (Å²) < 4.78 is 19.6. The number of thiazole rings is 1. The molecule has 0 aliphatic carbocycles. The molecule has 9 heteroatoms. The molecule has 1 aromatic carbocycles. The molecule has 2 aromatic heterocycles. The lowest BCUT2D eigenvalue weighted by Gasteiger charge is -2.08. The highest BCUT2D eigenvalue weighted by Gasteiger charge is 2.31. The average molecular weight is 415 g/mol. The number of nitrogens with one attached hydrogen (secondary N) is 2. The Morgan fingerprint density at radius 3 is 2.59 bits per heavy atom. The van der Waals surface area contributed by atoms with E-state index in [9.17, 15) is 18.8 Å². The van der Waals surface area contributed by atoms with Crippen LogP contribution in [0.15, 0.2) is 29.6 Å². The van der Waals surface area contributed by atoms with Crippen molar-refractivity contribution in [3.8, 4) is 11.1 Å². The van der Waals surface area contributed by atoms with Crippen LogP contribution in [0.25, 0.3) is 11.1 Å². The smallest absolute Gasteiger partial charge is 0.340 e. The lowest BCUT2D eigenvalue weighted by atomic mass is 9.98. The van der Waals surface area contributed by atoms with Crippen molar-refractivity contribution in [3.05, 3.63) is 58.1 Å². The Morgan fingerprint density at radius 1 is 1.24 bits per heavy atom. The fourth-order valence-electron chi connectivity index (χ4n) is 2.87. The van der Waals surface area contributed by atoms with Crippen LogP contribution in [0, 0.1) is 19.7 Å². The second-order valence-corrected chi connectivity index (χ2v) is 7.01. The van der Waals surface area contributed by atoms with Crippen LogP contribution >= 0.6 is 11.3 Å². The van der Waals surface area contributed by atoms with E-state index in [2.05, 4.69) is 15.3 Å². The van der Waals surface area contributed by atoms with Gasteiger partial charge in [0.05, 0.1) is 17.9 Å². The summed E-state index contributed by atoms with van der Waals surface area (Å²) >= 11 is 1.17. The first-order valence-electron chi connectivity index (χ1n) is 8.75. The number of nitrogens with zero attached hydrogens (tertiary/aromatic N) is 1. The summed E-state index contributed by atoms with van der Waals surface area (Å²) in [7, 11) is 0. The predicted molar refractivity (Wildman–Crippen MR) is 107 cm³/mol. The number of ether oxygens (including phenoxy) is 1. The Labute approximate surface area is 169 Å². The Kier molecular flexibility index (Phi) is 5.88. The lowest BCUT2D eigenvalue weighted by molar-refractivity contribution is -0.112. The number of anilines is 1. The number of Topliss-reactive ketones (excluding diaryl/α,β-unsaturated/α-hetero) is 1. The van der Waals surface area contributed by atoms with E-state index in [4.69, 9.17) is 4.74 Å². The van der Waals surface area contributed by atoms with Gasteiger partial charge in [-0.25, -0.2) is 14.2 Å². The molecule has 2 N–H and O–H groups in total. The molecule has 0 bridgehead atoms. The van der Waals surface area contributed by atoms with Gasteiger partial charge in [0.15, 0.2) is 5.13 Å². The Bertz CT molecular complexity index is 1100. The number of amides is 1. The van der Waals surface area contributed by atoms with Crippen molar-refractivity contribution >= 4 is 34.1 Å². The first-order valence-corrected chi connectivity index (χ1v) is 9.63. The molecule has 3 aromatic rings. The number of aromatic amines is 1. The topological polar surface area (TPSA) is 101 Å². The zero-order chi connectivity index (χ0) is 21.1. The highest BCUT2D eigenvalue weighted by Crippen LogP contribution is 2.33. The van der Waals surface area contributed by atoms with Crippen LogP contribution in [0.1, 0.15) is 39.2 Å². The lowest BCUT2D eigenvalue weighted by Crippen LogP contribution is -2.24. The minimum Gasteiger partial charge on any atom is -0.462 e. The monoisotopic (exact) mass is 415 g/mol. The van der Waals surface area contributed by atoms with E-state index < -0.39 is 23.5 Å². The molecule has 3 rings (SSSR count). The number of esters is 1. The maximum absolute atomic E-state index is 14.5. The van der Waals surface area contributed by atoms with Crippen LogP contribution in [-0.2, 0) is 9.53 Å². The molecule has 0 aliphatic heterocycles. The van der Waals surface area contributed by atoms with Crippen molar-refractivity contribution in [2.24, 2.45) is 0 Å². The van der Waals surface area contributed by atoms with Crippen LogP contribution in [0.2, 0.25) is 0 Å². The molecule has 1 amide bonds. The predicted octanol–water partition coefficient (Wildman–Crippen LogP) is 3.89. The van der Waals surface area contributed by atoms with Crippen molar-refractivity contribution in [3.63, 3.8) is 0 Å². The average Bonchev–Trinajstić information content (AvgIpc) is 3.24. The van der Waals surface area contributed by atoms with Crippen LogP contribution in [0.5, 0.6) is 0 Å². The number of ketones is 1. The van der Waals surface area contributed by atoms with Gasteiger partial charge < -0.3 is 9.72 Å². The van der Waals surface area contributed by atoms with Gasteiger partial charge in [-0.15, -0.1) is 11.3 Å². The minimum absolute atomic E-state index is 0.00507. The number of aryl methyl sites for hydroxylation is 2. The van der Waals surface area contributed by atoms with Crippen LogP contribution in [0.4, 0.5) is 9.52 Å². The van der Waals surface area contributed by atoms with E-state index in [1.165, 1.54) is 29.5 Å². The largest absolute Gasteiger partial charge is 0.462 e. The zero-order valence-corrected chi connectivity index (χ0v) is 16.8. The molecule has 150 valence electrons. The maximum atomic E-state index is 14.5. The van der Waals surface area contributed by atoms with Crippen LogP contribution in [-0.4, -0.2) is 34.2 Å². The minimum atomic E-state index is -0.950. The molecule has 0 saturated carbocycles. The van der Waals surface area contributed by atoms with Gasteiger partial charge in [0.2, 0.25) is 0 Å². The number of hydrogen-bond acceptors (Lipinski definition) is 6. The third kappa shape index (κ3) is 4.09. The van der Waals surface area contributed by atoms with Gasteiger partial charge in [-0.3, -0.25) is 14.9 Å². The maximum Gasteiger partial charge on any atom is 0.340 e. The van der Waals surface area contributed by atoms with Gasteiger partial charge in [-0.2, -0.15) is 0 Å². The number of rotatable bonds is 6. The standard InChI is InChI=1S/C20H18FN3O4S/c1-4-28-19(27)14-11(3)23-16(15(14)12-7-5-6-8-13(12)21)17(25)18(26)24-20-22-10(2)9-29-20/h5-9,23H,4H2,1-3H3,(H,22,24,26). The van der Waals surface area contributed by atoms with Gasteiger partial charge in [-0.1, -0.05) is 18.2 Å². The second kappa shape index (κ2) is 8.36. The molecule has 0 radical (unpaired) electrons. The van der Waals surface area contributed by atoms with Gasteiger partial charge in [0.1, 0.15) is 11.5 Å². The summed E-state index contributed by atoms with van der Waals surface area (Å²) in [5.74, 6) is -3.25. The van der Waals surface area contributed by atoms with Gasteiger partial charge >= 0.3 is 5.97 Å². The highest BCUT2D eigenvalue weighted by atomic mass is 32.1. The molecule has 29 heavy (non-hydrogen) atoms. The summed E-state index contributed by atoms with van der Waals surface area (Å²) in [4.78, 5) is 44.7. The Morgan fingerprint density at radius 2 is 1.97 bits per heavy atom. The number of benzene rings is 1. The van der Waals surface area contributed by atoms with Crippen molar-refractivity contribution in [2.45, 2.75) is 20.8 Å². The van der Waals surface area contributed by atoms with Gasteiger partial charge in [-0.05, 0) is 26.8 Å². The van der Waals surface area contributed by atoms with E-state index in [-0.39, 0.29) is 34.1 Å². The van der Waals surface area contributed by atoms with E-state index >= 15 is 0 Å². The van der Waals surface area contributed by atoms with Crippen LogP contribution < -0.4 is 5.32 Å².